The first-order valence-electron chi connectivity index (χ1n) is 7.30. The molecule has 136 valence electrons. The minimum atomic E-state index is -4.71. The van der Waals surface area contributed by atoms with Crippen molar-refractivity contribution in [2.24, 2.45) is 5.73 Å². The standard InChI is InChI=1S/C16H17F4N3OS/c1-24-13-6-4-5-12(17)11(13)7-10-23-9-3-2-8-15(23,16(18,19)20)22-14(21)25/h2-6,8-9H,7,10H2,1H3,(H3,21,22,25). The number of halogens is 4. The zero-order chi connectivity index (χ0) is 18.7. The predicted octanol–water partition coefficient (Wildman–Crippen LogP) is 2.85. The van der Waals surface area contributed by atoms with Crippen LogP contribution in [0.15, 0.2) is 42.6 Å². The van der Waals surface area contributed by atoms with Gasteiger partial charge in [-0.2, -0.15) is 13.2 Å². The molecule has 0 aliphatic carbocycles. The Morgan fingerprint density at radius 2 is 2.08 bits per heavy atom. The fourth-order valence-corrected chi connectivity index (χ4v) is 2.80. The molecule has 1 atom stereocenters. The van der Waals surface area contributed by atoms with Crippen LogP contribution in [0.25, 0.3) is 0 Å². The number of nitrogens with two attached hydrogens (primary N) is 1. The smallest absolute Gasteiger partial charge is 0.434 e. The minimum Gasteiger partial charge on any atom is -0.496 e. The highest BCUT2D eigenvalue weighted by Gasteiger charge is 2.57. The molecule has 1 aliphatic heterocycles. The molecular weight excluding hydrogens is 358 g/mol. The SMILES string of the molecule is COc1cccc(F)c1CCN1C=CC=CC1(NC(N)=S)C(F)(F)F. The van der Waals surface area contributed by atoms with Gasteiger partial charge in [-0.3, -0.25) is 0 Å². The normalized spacial score (nSPS) is 19.8. The molecule has 1 unspecified atom stereocenters. The molecular formula is C16H17F4N3OS. The van der Waals surface area contributed by atoms with Crippen molar-refractivity contribution in [1.29, 1.82) is 0 Å². The van der Waals surface area contributed by atoms with Crippen LogP contribution in [-0.2, 0) is 6.42 Å². The van der Waals surface area contributed by atoms with Crippen LogP contribution in [0, 0.1) is 5.82 Å². The van der Waals surface area contributed by atoms with Crippen LogP contribution in [0.5, 0.6) is 5.75 Å². The van der Waals surface area contributed by atoms with E-state index < -0.39 is 22.8 Å². The zero-order valence-electron chi connectivity index (χ0n) is 13.3. The maximum absolute atomic E-state index is 14.0. The van der Waals surface area contributed by atoms with E-state index in [0.717, 1.165) is 11.0 Å². The summed E-state index contributed by atoms with van der Waals surface area (Å²) >= 11 is 4.61. The Kier molecular flexibility index (Phi) is 5.56. The molecule has 1 aromatic carbocycles. The Bertz CT molecular complexity index is 705. The van der Waals surface area contributed by atoms with Crippen LogP contribution in [0.1, 0.15) is 5.56 Å². The average molecular weight is 375 g/mol. The Labute approximate surface area is 147 Å². The summed E-state index contributed by atoms with van der Waals surface area (Å²) in [5, 5.41) is 1.62. The van der Waals surface area contributed by atoms with Crippen LogP contribution in [0.4, 0.5) is 17.6 Å². The Hall–Kier alpha value is -2.29. The first kappa shape index (κ1) is 19.0. The summed E-state index contributed by atoms with van der Waals surface area (Å²) in [6.45, 7) is -0.146. The van der Waals surface area contributed by atoms with E-state index in [4.69, 9.17) is 10.5 Å². The summed E-state index contributed by atoms with van der Waals surface area (Å²) < 4.78 is 60.4. The highest BCUT2D eigenvalue weighted by Crippen LogP contribution is 2.37. The Morgan fingerprint density at radius 3 is 2.68 bits per heavy atom. The summed E-state index contributed by atoms with van der Waals surface area (Å²) in [6, 6.07) is 4.25. The molecule has 1 heterocycles. The molecule has 0 radical (unpaired) electrons. The topological polar surface area (TPSA) is 50.5 Å². The van der Waals surface area contributed by atoms with Crippen molar-refractivity contribution in [2.75, 3.05) is 13.7 Å². The van der Waals surface area contributed by atoms with E-state index in [1.54, 1.807) is 6.07 Å². The Morgan fingerprint density at radius 1 is 1.36 bits per heavy atom. The number of nitrogens with zero attached hydrogens (tertiary/aromatic N) is 1. The predicted molar refractivity (Wildman–Crippen MR) is 90.3 cm³/mol. The molecule has 0 fully saturated rings. The summed E-state index contributed by atoms with van der Waals surface area (Å²) in [4.78, 5) is 0.984. The third-order valence-corrected chi connectivity index (χ3v) is 3.91. The first-order chi connectivity index (χ1) is 11.7. The molecule has 0 bridgehead atoms. The van der Waals surface area contributed by atoms with E-state index in [9.17, 15) is 17.6 Å². The number of alkyl halides is 3. The molecule has 1 aromatic rings. The number of rotatable bonds is 5. The van der Waals surface area contributed by atoms with E-state index in [1.807, 2.05) is 0 Å². The molecule has 9 heteroatoms. The second-order valence-electron chi connectivity index (χ2n) is 5.32. The maximum atomic E-state index is 14.0. The molecule has 3 N–H and O–H groups in total. The van der Waals surface area contributed by atoms with Gasteiger partial charge in [-0.1, -0.05) is 12.1 Å². The van der Waals surface area contributed by atoms with Crippen LogP contribution in [0.3, 0.4) is 0 Å². The lowest BCUT2D eigenvalue weighted by molar-refractivity contribution is -0.213. The first-order valence-corrected chi connectivity index (χ1v) is 7.70. The molecule has 0 spiro atoms. The van der Waals surface area contributed by atoms with Crippen molar-refractivity contribution in [3.63, 3.8) is 0 Å². The van der Waals surface area contributed by atoms with Crippen molar-refractivity contribution in [3.8, 4) is 5.75 Å². The van der Waals surface area contributed by atoms with Gasteiger partial charge >= 0.3 is 6.18 Å². The van der Waals surface area contributed by atoms with Crippen molar-refractivity contribution in [2.45, 2.75) is 18.3 Å². The van der Waals surface area contributed by atoms with Gasteiger partial charge in [0.2, 0.25) is 5.66 Å². The lowest BCUT2D eigenvalue weighted by Crippen LogP contribution is -2.68. The van der Waals surface area contributed by atoms with Gasteiger partial charge < -0.3 is 20.7 Å². The van der Waals surface area contributed by atoms with E-state index in [1.165, 1.54) is 37.6 Å². The number of thiocarbonyl (C=S) groups is 1. The van der Waals surface area contributed by atoms with Crippen LogP contribution in [-0.4, -0.2) is 35.5 Å². The van der Waals surface area contributed by atoms with Gasteiger partial charge in [0.25, 0.3) is 0 Å². The third kappa shape index (κ3) is 3.87. The van der Waals surface area contributed by atoms with Gasteiger partial charge in [0, 0.05) is 18.3 Å². The molecule has 25 heavy (non-hydrogen) atoms. The lowest BCUT2D eigenvalue weighted by Gasteiger charge is -2.44. The molecule has 1 aliphatic rings. The van der Waals surface area contributed by atoms with E-state index in [0.29, 0.717) is 0 Å². The quantitative estimate of drug-likeness (QED) is 0.612. The second kappa shape index (κ2) is 7.30. The summed E-state index contributed by atoms with van der Waals surface area (Å²) in [5.74, 6) is -0.271. The zero-order valence-corrected chi connectivity index (χ0v) is 14.1. The molecule has 0 saturated heterocycles. The van der Waals surface area contributed by atoms with Crippen molar-refractivity contribution < 1.29 is 22.3 Å². The van der Waals surface area contributed by atoms with Gasteiger partial charge in [-0.05, 0) is 42.9 Å². The van der Waals surface area contributed by atoms with Gasteiger partial charge in [-0.25, -0.2) is 4.39 Å². The summed E-state index contributed by atoms with van der Waals surface area (Å²) in [5.41, 5.74) is 2.90. The highest BCUT2D eigenvalue weighted by atomic mass is 32.1. The van der Waals surface area contributed by atoms with E-state index >= 15 is 0 Å². The van der Waals surface area contributed by atoms with Crippen molar-refractivity contribution in [3.05, 3.63) is 54.0 Å². The number of benzene rings is 1. The van der Waals surface area contributed by atoms with Crippen molar-refractivity contribution in [1.82, 2.24) is 10.2 Å². The van der Waals surface area contributed by atoms with Crippen LogP contribution < -0.4 is 15.8 Å². The number of allylic oxidation sites excluding steroid dienone is 2. The molecule has 0 aromatic heterocycles. The highest BCUT2D eigenvalue weighted by molar-refractivity contribution is 7.80. The number of methoxy groups -OCH3 is 1. The lowest BCUT2D eigenvalue weighted by atomic mass is 10.0. The number of hydrogen-bond acceptors (Lipinski definition) is 3. The van der Waals surface area contributed by atoms with Crippen molar-refractivity contribution >= 4 is 17.3 Å². The van der Waals surface area contributed by atoms with Gasteiger partial charge in [0.15, 0.2) is 5.11 Å². The summed E-state index contributed by atoms with van der Waals surface area (Å²) in [6.07, 6.45) is 0.154. The molecule has 2 rings (SSSR count). The van der Waals surface area contributed by atoms with Gasteiger partial charge in [0.05, 0.1) is 7.11 Å². The van der Waals surface area contributed by atoms with Crippen LogP contribution >= 0.6 is 12.2 Å². The monoisotopic (exact) mass is 375 g/mol. The van der Waals surface area contributed by atoms with Gasteiger partial charge in [0.1, 0.15) is 11.6 Å². The fraction of sp³-hybridized carbons (Fsp3) is 0.312. The maximum Gasteiger partial charge on any atom is 0.434 e. The van der Waals surface area contributed by atoms with E-state index in [2.05, 4.69) is 17.5 Å². The largest absolute Gasteiger partial charge is 0.496 e. The average Bonchev–Trinajstić information content (AvgIpc) is 2.53. The Balaban J connectivity index is 2.32. The third-order valence-electron chi connectivity index (χ3n) is 3.81. The second-order valence-corrected chi connectivity index (χ2v) is 5.76. The molecule has 4 nitrogen and oxygen atoms in total. The van der Waals surface area contributed by atoms with Crippen LogP contribution in [0.2, 0.25) is 0 Å². The fourth-order valence-electron chi connectivity index (χ4n) is 2.65. The number of ether oxygens (including phenoxy) is 1. The van der Waals surface area contributed by atoms with Gasteiger partial charge in [-0.15, -0.1) is 0 Å². The summed E-state index contributed by atoms with van der Waals surface area (Å²) in [7, 11) is 1.37. The molecule has 0 amide bonds. The number of nitrogens with one attached hydrogen (secondary N) is 1. The number of hydrogen-bond donors (Lipinski definition) is 2. The van der Waals surface area contributed by atoms with E-state index in [-0.39, 0.29) is 24.3 Å². The molecule has 0 saturated carbocycles. The minimum absolute atomic E-state index is 0.00906.